The first-order chi connectivity index (χ1) is 16.1. The lowest BCUT2D eigenvalue weighted by Gasteiger charge is -2.14. The van der Waals surface area contributed by atoms with Gasteiger partial charge in [0.05, 0.1) is 9.80 Å². The molecule has 0 heterocycles. The zero-order valence-corrected chi connectivity index (χ0v) is 19.7. The Morgan fingerprint density at radius 2 is 1.68 bits per heavy atom. The van der Waals surface area contributed by atoms with E-state index < -0.39 is 16.4 Å². The summed E-state index contributed by atoms with van der Waals surface area (Å²) in [6, 6.07) is 18.5. The van der Waals surface area contributed by atoms with Gasteiger partial charge in [-0.2, -0.15) is 8.78 Å². The number of alkyl halides is 2. The summed E-state index contributed by atoms with van der Waals surface area (Å²) < 4.78 is 55.1. The number of aryl methyl sites for hydroxylation is 1. The van der Waals surface area contributed by atoms with Crippen LogP contribution in [0.1, 0.15) is 34.7 Å². The summed E-state index contributed by atoms with van der Waals surface area (Å²) in [5.41, 5.74) is 5.95. The van der Waals surface area contributed by atoms with Crippen molar-refractivity contribution in [3.8, 4) is 5.75 Å². The number of ether oxygens (including phenoxy) is 1. The Morgan fingerprint density at radius 1 is 1.00 bits per heavy atom. The lowest BCUT2D eigenvalue weighted by atomic mass is 9.92. The fraction of sp³-hybridized carbons (Fsp3) is 0.143. The molecule has 0 fully saturated rings. The van der Waals surface area contributed by atoms with Crippen LogP contribution in [0.3, 0.4) is 0 Å². The molecule has 1 atom stereocenters. The molecule has 3 aromatic rings. The summed E-state index contributed by atoms with van der Waals surface area (Å²) in [6.07, 6.45) is 6.48. The van der Waals surface area contributed by atoms with Crippen molar-refractivity contribution in [3.05, 3.63) is 113 Å². The van der Waals surface area contributed by atoms with Crippen LogP contribution in [0.25, 0.3) is 16.6 Å². The largest absolute Gasteiger partial charge is 0.435 e. The molecule has 0 saturated carbocycles. The Hall–Kier alpha value is -3.51. The molecular formula is C28H24F2O3S. The average molecular weight is 479 g/mol. The van der Waals surface area contributed by atoms with E-state index in [1.165, 1.54) is 24.3 Å². The van der Waals surface area contributed by atoms with Crippen molar-refractivity contribution in [2.24, 2.45) is 5.92 Å². The van der Waals surface area contributed by atoms with Gasteiger partial charge in [0.2, 0.25) is 9.84 Å². The molecule has 1 aliphatic rings. The van der Waals surface area contributed by atoms with Crippen LogP contribution in [0.4, 0.5) is 8.78 Å². The first-order valence-corrected chi connectivity index (χ1v) is 12.2. The molecule has 0 radical (unpaired) electrons. The zero-order valence-electron chi connectivity index (χ0n) is 18.8. The standard InChI is InChI=1S/C28H24F2O3S/c1-18-4-6-22-7-5-19(2)17-27(26(22)16-18)23-10-8-21(9-11-23)20(3)34(31,32)25-14-12-24(13-15-25)33-28(29)30/h4-17,19,28H,3H2,1-2H3. The van der Waals surface area contributed by atoms with Crippen molar-refractivity contribution in [1.29, 1.82) is 0 Å². The summed E-state index contributed by atoms with van der Waals surface area (Å²) >= 11 is 0. The Morgan fingerprint density at radius 3 is 2.32 bits per heavy atom. The first-order valence-electron chi connectivity index (χ1n) is 10.8. The van der Waals surface area contributed by atoms with Gasteiger partial charge in [-0.15, -0.1) is 0 Å². The zero-order chi connectivity index (χ0) is 24.5. The highest BCUT2D eigenvalue weighted by molar-refractivity contribution is 8.00. The van der Waals surface area contributed by atoms with E-state index in [-0.39, 0.29) is 21.5 Å². The Labute approximate surface area is 198 Å². The molecule has 0 saturated heterocycles. The van der Waals surface area contributed by atoms with E-state index in [1.54, 1.807) is 12.1 Å². The molecule has 174 valence electrons. The molecule has 3 aromatic carbocycles. The predicted octanol–water partition coefficient (Wildman–Crippen LogP) is 7.14. The minimum Gasteiger partial charge on any atom is -0.435 e. The van der Waals surface area contributed by atoms with Crippen molar-refractivity contribution in [1.82, 2.24) is 0 Å². The highest BCUT2D eigenvalue weighted by Gasteiger charge is 2.21. The number of fused-ring (bicyclic) bond motifs is 1. The summed E-state index contributed by atoms with van der Waals surface area (Å²) in [4.78, 5) is -0.110. The van der Waals surface area contributed by atoms with Crippen LogP contribution >= 0.6 is 0 Å². The number of halogens is 2. The van der Waals surface area contributed by atoms with Crippen LogP contribution in [0.5, 0.6) is 5.75 Å². The second-order valence-corrected chi connectivity index (χ2v) is 10.2. The van der Waals surface area contributed by atoms with Crippen LogP contribution in [-0.2, 0) is 9.84 Å². The quantitative estimate of drug-likeness (QED) is 0.378. The highest BCUT2D eigenvalue weighted by Crippen LogP contribution is 2.34. The van der Waals surface area contributed by atoms with Crippen molar-refractivity contribution in [2.75, 3.05) is 0 Å². The van der Waals surface area contributed by atoms with Gasteiger partial charge in [0, 0.05) is 0 Å². The number of allylic oxidation sites excluding steroid dienone is 2. The number of sulfone groups is 1. The number of benzene rings is 3. The van der Waals surface area contributed by atoms with Crippen LogP contribution < -0.4 is 4.74 Å². The van der Waals surface area contributed by atoms with E-state index in [1.807, 2.05) is 12.1 Å². The maximum Gasteiger partial charge on any atom is 0.387 e. The maximum absolute atomic E-state index is 13.0. The second-order valence-electron chi connectivity index (χ2n) is 8.24. The smallest absolute Gasteiger partial charge is 0.387 e. The van der Waals surface area contributed by atoms with Crippen LogP contribution in [-0.4, -0.2) is 15.0 Å². The van der Waals surface area contributed by atoms with Crippen molar-refractivity contribution in [2.45, 2.75) is 25.4 Å². The summed E-state index contributed by atoms with van der Waals surface area (Å²) in [7, 11) is -3.91. The molecule has 1 unspecified atom stereocenters. The number of hydrogen-bond donors (Lipinski definition) is 0. The molecule has 0 aliphatic heterocycles. The average Bonchev–Trinajstić information content (AvgIpc) is 2.97. The summed E-state index contributed by atoms with van der Waals surface area (Å²) in [5.74, 6) is 0.134. The van der Waals surface area contributed by atoms with Crippen molar-refractivity contribution in [3.63, 3.8) is 0 Å². The van der Waals surface area contributed by atoms with Gasteiger partial charge in [-0.25, -0.2) is 8.42 Å². The van der Waals surface area contributed by atoms with Gasteiger partial charge in [0.15, 0.2) is 0 Å². The fourth-order valence-corrected chi connectivity index (χ4v) is 5.12. The minimum absolute atomic E-state index is 0.0426. The molecular weight excluding hydrogens is 454 g/mol. The summed E-state index contributed by atoms with van der Waals surface area (Å²) in [6.45, 7) is 5.00. The van der Waals surface area contributed by atoms with Gasteiger partial charge in [-0.1, -0.05) is 79.8 Å². The molecule has 3 nitrogen and oxygen atoms in total. The molecule has 0 N–H and O–H groups in total. The van der Waals surface area contributed by atoms with Crippen LogP contribution in [0.15, 0.2) is 90.4 Å². The van der Waals surface area contributed by atoms with E-state index in [2.05, 4.69) is 61.6 Å². The van der Waals surface area contributed by atoms with Gasteiger partial charge in [0.1, 0.15) is 5.75 Å². The van der Waals surface area contributed by atoms with Crippen LogP contribution in [0, 0.1) is 12.8 Å². The van der Waals surface area contributed by atoms with Crippen LogP contribution in [0.2, 0.25) is 0 Å². The lowest BCUT2D eigenvalue weighted by molar-refractivity contribution is -0.0498. The predicted molar refractivity (Wildman–Crippen MR) is 132 cm³/mol. The van der Waals surface area contributed by atoms with Crippen molar-refractivity contribution >= 4 is 26.4 Å². The number of rotatable bonds is 6. The molecule has 0 amide bonds. The maximum atomic E-state index is 13.0. The van der Waals surface area contributed by atoms with E-state index in [0.29, 0.717) is 5.56 Å². The second kappa shape index (κ2) is 9.39. The Kier molecular flexibility index (Phi) is 6.53. The molecule has 0 spiro atoms. The van der Waals surface area contributed by atoms with Gasteiger partial charge in [-0.05, 0) is 64.9 Å². The highest BCUT2D eigenvalue weighted by atomic mass is 32.2. The Balaban J connectivity index is 1.63. The lowest BCUT2D eigenvalue weighted by Crippen LogP contribution is -2.05. The van der Waals surface area contributed by atoms with E-state index in [4.69, 9.17) is 0 Å². The SMILES string of the molecule is C=C(c1ccc(C2=CC(C)C=Cc3ccc(C)cc32)cc1)S(=O)(=O)c1ccc(OC(F)F)cc1. The Bertz CT molecular complexity index is 1380. The molecule has 0 aromatic heterocycles. The third-order valence-electron chi connectivity index (χ3n) is 5.71. The normalized spacial score (nSPS) is 15.4. The molecule has 6 heteroatoms. The van der Waals surface area contributed by atoms with Gasteiger partial charge < -0.3 is 4.74 Å². The third-order valence-corrected chi connectivity index (χ3v) is 7.49. The first kappa shape index (κ1) is 23.6. The molecule has 34 heavy (non-hydrogen) atoms. The van der Waals surface area contributed by atoms with E-state index >= 15 is 0 Å². The monoisotopic (exact) mass is 478 g/mol. The molecule has 1 aliphatic carbocycles. The number of hydrogen-bond acceptors (Lipinski definition) is 3. The fourth-order valence-electron chi connectivity index (χ4n) is 3.90. The van der Waals surface area contributed by atoms with Gasteiger partial charge in [0.25, 0.3) is 0 Å². The van der Waals surface area contributed by atoms with E-state index in [0.717, 1.165) is 27.8 Å². The van der Waals surface area contributed by atoms with Gasteiger partial charge in [-0.3, -0.25) is 0 Å². The summed E-state index contributed by atoms with van der Waals surface area (Å²) in [5, 5.41) is 0. The van der Waals surface area contributed by atoms with E-state index in [9.17, 15) is 17.2 Å². The van der Waals surface area contributed by atoms with Crippen molar-refractivity contribution < 1.29 is 21.9 Å². The third kappa shape index (κ3) is 4.87. The molecule has 4 rings (SSSR count). The topological polar surface area (TPSA) is 43.4 Å². The van der Waals surface area contributed by atoms with Gasteiger partial charge >= 0.3 is 6.61 Å². The minimum atomic E-state index is -3.91. The molecule has 0 bridgehead atoms.